The van der Waals surface area contributed by atoms with E-state index in [1.807, 2.05) is 0 Å². The van der Waals surface area contributed by atoms with E-state index in [9.17, 15) is 0 Å². The minimum atomic E-state index is 0.353. The molecule has 2 nitrogen and oxygen atoms in total. The van der Waals surface area contributed by atoms with Crippen molar-refractivity contribution in [1.29, 1.82) is 0 Å². The highest BCUT2D eigenvalue weighted by Crippen LogP contribution is 2.23. The average molecular weight is 258 g/mol. The molecule has 2 aliphatic rings. The average Bonchev–Trinajstić information content (AvgIpc) is 2.46. The van der Waals surface area contributed by atoms with E-state index in [1.54, 1.807) is 11.1 Å². The van der Waals surface area contributed by atoms with Crippen LogP contribution in [0.5, 0.6) is 0 Å². The molecular weight excluding hydrogens is 232 g/mol. The predicted molar refractivity (Wildman–Crippen MR) is 80.2 cm³/mol. The zero-order chi connectivity index (χ0) is 13.1. The van der Waals surface area contributed by atoms with Crippen molar-refractivity contribution in [3.63, 3.8) is 0 Å². The summed E-state index contributed by atoms with van der Waals surface area (Å²) in [7, 11) is 0. The highest BCUT2D eigenvalue weighted by molar-refractivity contribution is 5.33. The molecule has 0 bridgehead atoms. The zero-order valence-electron chi connectivity index (χ0n) is 11.8. The van der Waals surface area contributed by atoms with E-state index in [-0.39, 0.29) is 0 Å². The van der Waals surface area contributed by atoms with Gasteiger partial charge in [-0.3, -0.25) is 0 Å². The molecule has 3 rings (SSSR count). The second kappa shape index (κ2) is 6.06. The van der Waals surface area contributed by atoms with E-state index in [2.05, 4.69) is 23.5 Å². The number of rotatable bonds is 3. The van der Waals surface area contributed by atoms with Crippen molar-refractivity contribution in [3.05, 3.63) is 34.9 Å². The number of hydrogen-bond acceptors (Lipinski definition) is 2. The molecule has 2 unspecified atom stereocenters. The van der Waals surface area contributed by atoms with Gasteiger partial charge in [-0.2, -0.15) is 0 Å². The molecule has 1 aromatic rings. The minimum Gasteiger partial charge on any atom is -0.326 e. The van der Waals surface area contributed by atoms with Gasteiger partial charge < -0.3 is 11.1 Å². The van der Waals surface area contributed by atoms with Gasteiger partial charge in [-0.15, -0.1) is 0 Å². The van der Waals surface area contributed by atoms with E-state index in [1.165, 1.54) is 56.9 Å². The zero-order valence-corrected chi connectivity index (χ0v) is 11.8. The van der Waals surface area contributed by atoms with Gasteiger partial charge in [-0.1, -0.05) is 31.0 Å². The molecule has 0 saturated heterocycles. The fourth-order valence-electron chi connectivity index (χ4n) is 3.56. The summed E-state index contributed by atoms with van der Waals surface area (Å²) in [5.74, 6) is 0. The van der Waals surface area contributed by atoms with Gasteiger partial charge in [0.25, 0.3) is 0 Å². The Morgan fingerprint density at radius 1 is 1.00 bits per heavy atom. The third kappa shape index (κ3) is 3.18. The van der Waals surface area contributed by atoms with Crippen molar-refractivity contribution < 1.29 is 0 Å². The lowest BCUT2D eigenvalue weighted by molar-refractivity contribution is 0.326. The Labute approximate surface area is 116 Å². The Bertz CT molecular complexity index is 427. The van der Waals surface area contributed by atoms with Crippen molar-refractivity contribution in [3.8, 4) is 0 Å². The standard InChI is InChI=1S/C17H26N2/c18-16-7-3-4-8-17(16)19-12-13-9-10-14-5-1-2-6-15(14)11-13/h9-11,16-17,19H,1-8,12,18H2. The Balaban J connectivity index is 1.60. The number of hydrogen-bond donors (Lipinski definition) is 2. The Morgan fingerprint density at radius 3 is 2.63 bits per heavy atom. The molecule has 0 aliphatic heterocycles. The normalized spacial score (nSPS) is 27.0. The van der Waals surface area contributed by atoms with Gasteiger partial charge in [0.15, 0.2) is 0 Å². The summed E-state index contributed by atoms with van der Waals surface area (Å²) in [6.45, 7) is 0.978. The lowest BCUT2D eigenvalue weighted by atomic mass is 9.89. The number of nitrogens with two attached hydrogens (primary N) is 1. The van der Waals surface area contributed by atoms with Gasteiger partial charge >= 0.3 is 0 Å². The van der Waals surface area contributed by atoms with Crippen LogP contribution in [0.25, 0.3) is 0 Å². The number of benzene rings is 1. The molecule has 0 radical (unpaired) electrons. The highest BCUT2D eigenvalue weighted by Gasteiger charge is 2.21. The summed E-state index contributed by atoms with van der Waals surface area (Å²) in [6.07, 6.45) is 10.3. The van der Waals surface area contributed by atoms with Crippen LogP contribution in [0.2, 0.25) is 0 Å². The molecule has 0 aromatic heterocycles. The summed E-state index contributed by atoms with van der Waals surface area (Å²) in [5.41, 5.74) is 10.8. The Hall–Kier alpha value is -0.860. The van der Waals surface area contributed by atoms with Crippen LogP contribution in [0.4, 0.5) is 0 Å². The van der Waals surface area contributed by atoms with Crippen molar-refractivity contribution in [1.82, 2.24) is 5.32 Å². The van der Waals surface area contributed by atoms with Crippen LogP contribution in [0.1, 0.15) is 55.2 Å². The molecule has 2 atom stereocenters. The summed E-state index contributed by atoms with van der Waals surface area (Å²) in [6, 6.07) is 7.92. The maximum atomic E-state index is 6.19. The monoisotopic (exact) mass is 258 g/mol. The molecule has 0 heterocycles. The highest BCUT2D eigenvalue weighted by atomic mass is 15.0. The molecule has 0 amide bonds. The smallest absolute Gasteiger partial charge is 0.0222 e. The molecule has 2 aliphatic carbocycles. The minimum absolute atomic E-state index is 0.353. The first-order valence-corrected chi connectivity index (χ1v) is 7.92. The Kier molecular flexibility index (Phi) is 4.19. The summed E-state index contributed by atoms with van der Waals surface area (Å²) >= 11 is 0. The molecule has 1 saturated carbocycles. The van der Waals surface area contributed by atoms with E-state index in [4.69, 9.17) is 5.73 Å². The first-order chi connectivity index (χ1) is 9.33. The van der Waals surface area contributed by atoms with Crippen LogP contribution in [-0.4, -0.2) is 12.1 Å². The van der Waals surface area contributed by atoms with Crippen LogP contribution in [0.3, 0.4) is 0 Å². The van der Waals surface area contributed by atoms with Crippen molar-refractivity contribution in [2.75, 3.05) is 0 Å². The van der Waals surface area contributed by atoms with Gasteiger partial charge in [-0.05, 0) is 55.2 Å². The van der Waals surface area contributed by atoms with Gasteiger partial charge in [0.1, 0.15) is 0 Å². The van der Waals surface area contributed by atoms with Crippen LogP contribution in [0.15, 0.2) is 18.2 Å². The molecule has 2 heteroatoms. The molecule has 3 N–H and O–H groups in total. The maximum absolute atomic E-state index is 6.19. The van der Waals surface area contributed by atoms with Crippen LogP contribution < -0.4 is 11.1 Å². The second-order valence-electron chi connectivity index (χ2n) is 6.25. The first-order valence-electron chi connectivity index (χ1n) is 7.92. The molecule has 1 fully saturated rings. The lowest BCUT2D eigenvalue weighted by Gasteiger charge is -2.29. The van der Waals surface area contributed by atoms with E-state index in [0.29, 0.717) is 12.1 Å². The summed E-state index contributed by atoms with van der Waals surface area (Å²) in [4.78, 5) is 0. The number of aryl methyl sites for hydroxylation is 2. The first kappa shape index (κ1) is 13.1. The van der Waals surface area contributed by atoms with E-state index in [0.717, 1.165) is 6.54 Å². The molecule has 19 heavy (non-hydrogen) atoms. The van der Waals surface area contributed by atoms with Crippen molar-refractivity contribution in [2.45, 2.75) is 70.0 Å². The largest absolute Gasteiger partial charge is 0.326 e. The summed E-state index contributed by atoms with van der Waals surface area (Å²) in [5, 5.41) is 3.67. The van der Waals surface area contributed by atoms with Gasteiger partial charge in [0.2, 0.25) is 0 Å². The SMILES string of the molecule is NC1CCCCC1NCc1ccc2c(c1)CCCC2. The van der Waals surface area contributed by atoms with Crippen molar-refractivity contribution in [2.24, 2.45) is 5.73 Å². The third-order valence-corrected chi connectivity index (χ3v) is 4.80. The van der Waals surface area contributed by atoms with E-state index < -0.39 is 0 Å². The van der Waals surface area contributed by atoms with Crippen LogP contribution >= 0.6 is 0 Å². The number of nitrogens with one attached hydrogen (secondary N) is 1. The van der Waals surface area contributed by atoms with Crippen molar-refractivity contribution >= 4 is 0 Å². The molecule has 104 valence electrons. The van der Waals surface area contributed by atoms with Gasteiger partial charge in [0, 0.05) is 18.6 Å². The van der Waals surface area contributed by atoms with Gasteiger partial charge in [-0.25, -0.2) is 0 Å². The van der Waals surface area contributed by atoms with Crippen LogP contribution in [-0.2, 0) is 19.4 Å². The second-order valence-corrected chi connectivity index (χ2v) is 6.25. The lowest BCUT2D eigenvalue weighted by Crippen LogP contribution is -2.46. The summed E-state index contributed by atoms with van der Waals surface area (Å²) < 4.78 is 0. The Morgan fingerprint density at radius 2 is 1.79 bits per heavy atom. The molecule has 1 aromatic carbocycles. The fraction of sp³-hybridized carbons (Fsp3) is 0.647. The molecular formula is C17H26N2. The quantitative estimate of drug-likeness (QED) is 0.875. The third-order valence-electron chi connectivity index (χ3n) is 4.80. The number of fused-ring (bicyclic) bond motifs is 1. The maximum Gasteiger partial charge on any atom is 0.0222 e. The van der Waals surface area contributed by atoms with Crippen LogP contribution in [0, 0.1) is 0 Å². The fourth-order valence-corrected chi connectivity index (χ4v) is 3.56. The molecule has 0 spiro atoms. The van der Waals surface area contributed by atoms with E-state index >= 15 is 0 Å². The van der Waals surface area contributed by atoms with Gasteiger partial charge in [0.05, 0.1) is 0 Å². The predicted octanol–water partition coefficient (Wildman–Crippen LogP) is 2.92. The topological polar surface area (TPSA) is 38.0 Å².